The van der Waals surface area contributed by atoms with Crippen molar-refractivity contribution in [2.45, 2.75) is 58.3 Å². The molecule has 0 aliphatic heterocycles. The van der Waals surface area contributed by atoms with E-state index in [4.69, 9.17) is 16.1 Å². The second kappa shape index (κ2) is 5.58. The first-order chi connectivity index (χ1) is 10.0. The van der Waals surface area contributed by atoms with Crippen LogP contribution < -0.4 is 0 Å². The molecule has 0 saturated carbocycles. The Morgan fingerprint density at radius 3 is 1.91 bits per heavy atom. The molecule has 0 fully saturated rings. The Hall–Kier alpha value is -1.55. The summed E-state index contributed by atoms with van der Waals surface area (Å²) in [7, 11) is 0. The highest BCUT2D eigenvalue weighted by atomic mass is 35.5. The van der Waals surface area contributed by atoms with Crippen molar-refractivity contribution in [1.82, 2.24) is 10.1 Å². The normalized spacial score (nSPS) is 12.7. The molecule has 0 saturated heterocycles. The first kappa shape index (κ1) is 16.8. The Morgan fingerprint density at radius 1 is 1.05 bits per heavy atom. The van der Waals surface area contributed by atoms with Gasteiger partial charge in [0.15, 0.2) is 5.82 Å². The van der Waals surface area contributed by atoms with E-state index in [1.807, 2.05) is 12.1 Å². The lowest BCUT2D eigenvalue weighted by Crippen LogP contribution is -2.17. The zero-order chi connectivity index (χ0) is 16.7. The summed E-state index contributed by atoms with van der Waals surface area (Å²) in [5.74, 6) is 1.42. The molecule has 1 aromatic heterocycles. The van der Waals surface area contributed by atoms with Crippen LogP contribution in [0.1, 0.15) is 58.5 Å². The second-order valence-electron chi connectivity index (χ2n) is 7.57. The predicted molar refractivity (Wildman–Crippen MR) is 88.4 cm³/mol. The maximum Gasteiger partial charge on any atom is 0.257 e. The van der Waals surface area contributed by atoms with Crippen LogP contribution in [0.25, 0.3) is 11.5 Å². The first-order valence-corrected chi connectivity index (χ1v) is 7.84. The largest absolute Gasteiger partial charge is 0.507 e. The average Bonchev–Trinajstić information content (AvgIpc) is 2.85. The highest BCUT2D eigenvalue weighted by Gasteiger charge is 2.27. The fraction of sp³-hybridized carbons (Fsp3) is 0.529. The fourth-order valence-corrected chi connectivity index (χ4v) is 2.44. The SMILES string of the molecule is CC(C)(C)c1cc(-c2nc(CCl)no2)cc(C(C)(C)C)c1O. The minimum atomic E-state index is -0.199. The molecule has 1 heterocycles. The number of benzene rings is 1. The summed E-state index contributed by atoms with van der Waals surface area (Å²) in [5.41, 5.74) is 2.13. The Kier molecular flexibility index (Phi) is 4.26. The van der Waals surface area contributed by atoms with Gasteiger partial charge in [-0.15, -0.1) is 11.6 Å². The van der Waals surface area contributed by atoms with Gasteiger partial charge in [-0.25, -0.2) is 0 Å². The van der Waals surface area contributed by atoms with Gasteiger partial charge in [-0.05, 0) is 23.0 Å². The summed E-state index contributed by atoms with van der Waals surface area (Å²) in [6.07, 6.45) is 0. The van der Waals surface area contributed by atoms with Crippen LogP contribution in [0, 0.1) is 0 Å². The average molecular weight is 323 g/mol. The third kappa shape index (κ3) is 3.27. The Bertz CT molecular complexity index is 644. The van der Waals surface area contributed by atoms with Crippen molar-refractivity contribution in [2.75, 3.05) is 0 Å². The summed E-state index contributed by atoms with van der Waals surface area (Å²) >= 11 is 5.74. The van der Waals surface area contributed by atoms with E-state index in [1.165, 1.54) is 0 Å². The van der Waals surface area contributed by atoms with Gasteiger partial charge < -0.3 is 9.63 Å². The monoisotopic (exact) mass is 322 g/mol. The highest BCUT2D eigenvalue weighted by molar-refractivity contribution is 6.16. The Morgan fingerprint density at radius 2 is 1.55 bits per heavy atom. The lowest BCUT2D eigenvalue weighted by Gasteiger charge is -2.27. The number of rotatable bonds is 2. The number of halogens is 1. The van der Waals surface area contributed by atoms with Crippen LogP contribution in [0.4, 0.5) is 0 Å². The van der Waals surface area contributed by atoms with Crippen molar-refractivity contribution in [2.24, 2.45) is 0 Å². The number of alkyl halides is 1. The molecule has 0 bridgehead atoms. The molecule has 2 aromatic rings. The molecule has 2 rings (SSSR count). The van der Waals surface area contributed by atoms with Gasteiger partial charge in [-0.3, -0.25) is 0 Å². The van der Waals surface area contributed by atoms with E-state index in [-0.39, 0.29) is 16.7 Å². The van der Waals surface area contributed by atoms with Gasteiger partial charge in [0.1, 0.15) is 5.75 Å². The predicted octanol–water partition coefficient (Wildman–Crippen LogP) is 4.78. The number of hydrogen-bond donors (Lipinski definition) is 1. The summed E-state index contributed by atoms with van der Waals surface area (Å²) < 4.78 is 5.29. The second-order valence-corrected chi connectivity index (χ2v) is 7.84. The van der Waals surface area contributed by atoms with Gasteiger partial charge >= 0.3 is 0 Å². The van der Waals surface area contributed by atoms with Crippen LogP contribution in [-0.4, -0.2) is 15.2 Å². The number of aromatic hydroxyl groups is 1. The molecule has 1 N–H and O–H groups in total. The molecule has 4 nitrogen and oxygen atoms in total. The van der Waals surface area contributed by atoms with Crippen molar-refractivity contribution < 1.29 is 9.63 Å². The number of nitrogens with zero attached hydrogens (tertiary/aromatic N) is 2. The van der Waals surface area contributed by atoms with Gasteiger partial charge in [0.2, 0.25) is 0 Å². The number of phenols is 1. The van der Waals surface area contributed by atoms with Crippen LogP contribution in [0.15, 0.2) is 16.7 Å². The quantitative estimate of drug-likeness (QED) is 0.809. The zero-order valence-corrected chi connectivity index (χ0v) is 14.7. The Balaban J connectivity index is 2.70. The summed E-state index contributed by atoms with van der Waals surface area (Å²) in [4.78, 5) is 4.28. The molecule has 0 radical (unpaired) electrons. The van der Waals surface area contributed by atoms with Gasteiger partial charge in [0.25, 0.3) is 5.89 Å². The lowest BCUT2D eigenvalue weighted by atomic mass is 9.78. The molecule has 22 heavy (non-hydrogen) atoms. The van der Waals surface area contributed by atoms with Crippen LogP contribution in [0.3, 0.4) is 0 Å². The van der Waals surface area contributed by atoms with E-state index in [0.29, 0.717) is 17.5 Å². The van der Waals surface area contributed by atoms with E-state index in [1.54, 1.807) is 0 Å². The molecular formula is C17H23ClN2O2. The van der Waals surface area contributed by atoms with Gasteiger partial charge in [0, 0.05) is 16.7 Å². The van der Waals surface area contributed by atoms with Crippen molar-refractivity contribution in [3.63, 3.8) is 0 Å². The van der Waals surface area contributed by atoms with E-state index >= 15 is 0 Å². The molecule has 0 amide bonds. The molecule has 120 valence electrons. The molecule has 5 heteroatoms. The van der Waals surface area contributed by atoms with Crippen molar-refractivity contribution in [1.29, 1.82) is 0 Å². The minimum absolute atomic E-state index is 0.199. The van der Waals surface area contributed by atoms with Gasteiger partial charge in [0.05, 0.1) is 5.88 Å². The van der Waals surface area contributed by atoms with Crippen molar-refractivity contribution >= 4 is 11.6 Å². The molecular weight excluding hydrogens is 300 g/mol. The number of phenolic OH excluding ortho intramolecular Hbond substituents is 1. The number of hydrogen-bond acceptors (Lipinski definition) is 4. The number of aromatic nitrogens is 2. The molecule has 0 spiro atoms. The molecule has 0 aliphatic carbocycles. The van der Waals surface area contributed by atoms with Gasteiger partial charge in [-0.2, -0.15) is 4.98 Å². The maximum atomic E-state index is 10.7. The molecule has 1 aromatic carbocycles. The van der Waals surface area contributed by atoms with E-state index in [2.05, 4.69) is 51.7 Å². The van der Waals surface area contributed by atoms with Crippen molar-refractivity contribution in [3.8, 4) is 17.2 Å². The standard InChI is InChI=1S/C17H23ClN2O2/c1-16(2,3)11-7-10(15-19-13(9-18)20-22-15)8-12(14(11)21)17(4,5)6/h7-8,21H,9H2,1-6H3. The van der Waals surface area contributed by atoms with Crippen LogP contribution in [0.2, 0.25) is 0 Å². The van der Waals surface area contributed by atoms with Crippen LogP contribution >= 0.6 is 11.6 Å². The minimum Gasteiger partial charge on any atom is -0.507 e. The summed E-state index contributed by atoms with van der Waals surface area (Å²) in [6, 6.07) is 3.83. The molecule has 0 aliphatic rings. The summed E-state index contributed by atoms with van der Waals surface area (Å²) in [6.45, 7) is 12.4. The van der Waals surface area contributed by atoms with Crippen molar-refractivity contribution in [3.05, 3.63) is 29.1 Å². The summed E-state index contributed by atoms with van der Waals surface area (Å²) in [5, 5.41) is 14.5. The van der Waals surface area contributed by atoms with E-state index < -0.39 is 0 Å². The molecule has 0 unspecified atom stereocenters. The third-order valence-electron chi connectivity index (χ3n) is 3.56. The molecule has 0 atom stereocenters. The van der Waals surface area contributed by atoms with Crippen LogP contribution in [0.5, 0.6) is 5.75 Å². The topological polar surface area (TPSA) is 59.2 Å². The third-order valence-corrected chi connectivity index (χ3v) is 3.80. The first-order valence-electron chi connectivity index (χ1n) is 7.31. The Labute approximate surface area is 136 Å². The highest BCUT2D eigenvalue weighted by Crippen LogP contribution is 2.41. The zero-order valence-electron chi connectivity index (χ0n) is 14.0. The lowest BCUT2D eigenvalue weighted by molar-refractivity contribution is 0.418. The van der Waals surface area contributed by atoms with Gasteiger partial charge in [-0.1, -0.05) is 46.7 Å². The van der Waals surface area contributed by atoms with E-state index in [9.17, 15) is 5.11 Å². The smallest absolute Gasteiger partial charge is 0.257 e. The van der Waals surface area contributed by atoms with E-state index in [0.717, 1.165) is 16.7 Å². The van der Waals surface area contributed by atoms with Crippen LogP contribution in [-0.2, 0) is 16.7 Å². The maximum absolute atomic E-state index is 10.7. The fourth-order valence-electron chi connectivity index (χ4n) is 2.33.